The van der Waals surface area contributed by atoms with Gasteiger partial charge < -0.3 is 18.8 Å². The number of imidazole rings is 1. The molecule has 2 aromatic heterocycles. The highest BCUT2D eigenvalue weighted by Crippen LogP contribution is 2.38. The number of pyridine rings is 1. The molecule has 3 atom stereocenters. The first kappa shape index (κ1) is 31.1. The Balaban J connectivity index is 1.29. The number of amides is 1. The van der Waals surface area contributed by atoms with E-state index in [1.165, 1.54) is 12.1 Å². The Hall–Kier alpha value is -2.92. The fourth-order valence-corrected chi connectivity index (χ4v) is 7.21. The summed E-state index contributed by atoms with van der Waals surface area (Å²) in [6.45, 7) is 14.0. The van der Waals surface area contributed by atoms with Gasteiger partial charge in [-0.05, 0) is 69.0 Å². The number of morpholine rings is 2. The van der Waals surface area contributed by atoms with Crippen molar-refractivity contribution in [1.29, 1.82) is 0 Å². The molecule has 3 aromatic rings. The second-order valence-corrected chi connectivity index (χ2v) is 13.2. The molecule has 0 aliphatic carbocycles. The molecule has 8 nitrogen and oxygen atoms in total. The fraction of sp³-hybridized carbons (Fsp3) is 0.588. The van der Waals surface area contributed by atoms with Gasteiger partial charge in [0.05, 0.1) is 38.0 Å². The maximum atomic E-state index is 15.4. The number of fused-ring (bicyclic) bond motifs is 1. The topological polar surface area (TPSA) is 62.6 Å². The number of hydrogen-bond acceptors (Lipinski definition) is 6. The molecule has 0 saturated carbocycles. The van der Waals surface area contributed by atoms with Crippen LogP contribution in [0.15, 0.2) is 30.5 Å². The van der Waals surface area contributed by atoms with Crippen molar-refractivity contribution in [1.82, 2.24) is 24.1 Å². The van der Waals surface area contributed by atoms with Crippen molar-refractivity contribution in [3.63, 3.8) is 0 Å². The van der Waals surface area contributed by atoms with Gasteiger partial charge in [0.15, 0.2) is 0 Å². The second kappa shape index (κ2) is 12.8. The molecule has 3 aliphatic heterocycles. The minimum atomic E-state index is -0.599. The van der Waals surface area contributed by atoms with Crippen LogP contribution in [0.1, 0.15) is 61.3 Å². The third kappa shape index (κ3) is 6.01. The number of nitrogens with zero attached hydrogens (tertiary/aromatic N) is 5. The van der Waals surface area contributed by atoms with Gasteiger partial charge in [0.1, 0.15) is 17.2 Å². The van der Waals surface area contributed by atoms with E-state index in [1.54, 1.807) is 22.3 Å². The predicted octanol–water partition coefficient (Wildman–Crippen LogP) is 4.98. The number of benzene rings is 1. The normalized spacial score (nSPS) is 23.0. The van der Waals surface area contributed by atoms with Crippen molar-refractivity contribution in [3.8, 4) is 11.1 Å². The highest BCUT2D eigenvalue weighted by atomic mass is 19.1. The molecule has 3 fully saturated rings. The molecule has 0 spiro atoms. The maximum Gasteiger partial charge on any atom is 0.254 e. The van der Waals surface area contributed by atoms with Crippen molar-refractivity contribution in [2.45, 2.75) is 64.6 Å². The van der Waals surface area contributed by atoms with Crippen LogP contribution in [0.5, 0.6) is 0 Å². The van der Waals surface area contributed by atoms with Crippen LogP contribution >= 0.6 is 0 Å². The molecule has 1 amide bonds. The number of carbonyl (C=O) groups is 1. The number of likely N-dealkylation sites (tertiary alicyclic amines) is 1. The standard InChI is InChI=1S/C34H45F2N5O3/c1-21(2)31(9-7-27-20-44-12-10-38(27)5)39-16-25(17-39)24-14-29(32-33(36)37-23(4)41(32)18-24)28-8-6-26(35)15-30(28)34(42)40-11-13-43-19-22(40)3/h6,8,14-15,18,21-22,25,27,31H,7,9-13,16-17,19-20H2,1-5H3/t22-,27-,31?/m1/s1. The average Bonchev–Trinajstić information content (AvgIpc) is 3.27. The molecule has 6 rings (SSSR count). The molecule has 0 bridgehead atoms. The Labute approximate surface area is 258 Å². The highest BCUT2D eigenvalue weighted by Gasteiger charge is 2.36. The number of likely N-dealkylation sites (N-methyl/N-ethyl adjacent to an activating group) is 1. The zero-order valence-electron chi connectivity index (χ0n) is 26.6. The van der Waals surface area contributed by atoms with Gasteiger partial charge >= 0.3 is 0 Å². The van der Waals surface area contributed by atoms with E-state index in [4.69, 9.17) is 9.47 Å². The Morgan fingerprint density at radius 1 is 1.07 bits per heavy atom. The molecule has 0 radical (unpaired) electrons. The maximum absolute atomic E-state index is 15.4. The van der Waals surface area contributed by atoms with Gasteiger partial charge in [0.2, 0.25) is 5.95 Å². The zero-order chi connectivity index (χ0) is 31.1. The molecule has 238 valence electrons. The van der Waals surface area contributed by atoms with E-state index in [0.717, 1.165) is 51.3 Å². The zero-order valence-corrected chi connectivity index (χ0v) is 26.6. The second-order valence-electron chi connectivity index (χ2n) is 13.2. The Morgan fingerprint density at radius 2 is 1.82 bits per heavy atom. The largest absolute Gasteiger partial charge is 0.378 e. The molecular weight excluding hydrogens is 564 g/mol. The third-order valence-corrected chi connectivity index (χ3v) is 9.96. The molecule has 1 aromatic carbocycles. The lowest BCUT2D eigenvalue weighted by Crippen LogP contribution is -2.53. The summed E-state index contributed by atoms with van der Waals surface area (Å²) in [6.07, 6.45) is 4.20. The van der Waals surface area contributed by atoms with Gasteiger partial charge in [-0.2, -0.15) is 4.39 Å². The van der Waals surface area contributed by atoms with E-state index in [1.807, 2.05) is 19.2 Å². The van der Waals surface area contributed by atoms with Gasteiger partial charge in [-0.25, -0.2) is 9.37 Å². The lowest BCUT2D eigenvalue weighted by atomic mass is 9.85. The number of carbonyl (C=O) groups excluding carboxylic acids is 1. The summed E-state index contributed by atoms with van der Waals surface area (Å²) >= 11 is 0. The van der Waals surface area contributed by atoms with E-state index in [0.29, 0.717) is 60.2 Å². The summed E-state index contributed by atoms with van der Waals surface area (Å²) in [6, 6.07) is 6.99. The van der Waals surface area contributed by atoms with Crippen LogP contribution in [-0.4, -0.2) is 108 Å². The van der Waals surface area contributed by atoms with Crippen LogP contribution in [-0.2, 0) is 9.47 Å². The molecule has 1 unspecified atom stereocenters. The van der Waals surface area contributed by atoms with Crippen molar-refractivity contribution in [3.05, 3.63) is 59.2 Å². The number of aromatic nitrogens is 2. The van der Waals surface area contributed by atoms with Crippen LogP contribution < -0.4 is 0 Å². The molecule has 0 N–H and O–H groups in total. The van der Waals surface area contributed by atoms with Crippen LogP contribution in [0.4, 0.5) is 8.78 Å². The van der Waals surface area contributed by atoms with Gasteiger partial charge in [-0.15, -0.1) is 0 Å². The molecule has 3 aliphatic rings. The summed E-state index contributed by atoms with van der Waals surface area (Å²) in [5, 5.41) is 0. The van der Waals surface area contributed by atoms with E-state index in [-0.39, 0.29) is 23.4 Å². The van der Waals surface area contributed by atoms with Gasteiger partial charge in [0, 0.05) is 55.9 Å². The van der Waals surface area contributed by atoms with E-state index < -0.39 is 11.8 Å². The van der Waals surface area contributed by atoms with Crippen LogP contribution in [0.2, 0.25) is 0 Å². The van der Waals surface area contributed by atoms with Crippen LogP contribution in [0, 0.1) is 24.6 Å². The molecule has 5 heterocycles. The predicted molar refractivity (Wildman–Crippen MR) is 166 cm³/mol. The number of halogens is 2. The SMILES string of the molecule is Cc1nc(F)c2c(-c3ccc(F)cc3C(=O)N3CCOC[C@H]3C)cc(C3CN(C(CC[C@@H]4COCCN4C)C(C)C)C3)cn12. The number of aryl methyl sites for hydroxylation is 1. The van der Waals surface area contributed by atoms with Gasteiger partial charge in [-0.1, -0.05) is 19.9 Å². The monoisotopic (exact) mass is 609 g/mol. The fourth-order valence-electron chi connectivity index (χ4n) is 7.21. The quantitative estimate of drug-likeness (QED) is 0.359. The Morgan fingerprint density at radius 3 is 2.55 bits per heavy atom. The summed E-state index contributed by atoms with van der Waals surface area (Å²) in [5.41, 5.74) is 2.66. The summed E-state index contributed by atoms with van der Waals surface area (Å²) in [5.74, 6) is -0.0755. The molecule has 44 heavy (non-hydrogen) atoms. The van der Waals surface area contributed by atoms with Crippen molar-refractivity contribution < 1.29 is 23.0 Å². The summed E-state index contributed by atoms with van der Waals surface area (Å²) in [7, 11) is 2.19. The minimum absolute atomic E-state index is 0.145. The van der Waals surface area contributed by atoms with Gasteiger partial charge in [0.25, 0.3) is 5.91 Å². The minimum Gasteiger partial charge on any atom is -0.378 e. The Kier molecular flexibility index (Phi) is 9.06. The number of rotatable bonds is 8. The first-order chi connectivity index (χ1) is 21.1. The van der Waals surface area contributed by atoms with Crippen molar-refractivity contribution in [2.75, 3.05) is 59.7 Å². The van der Waals surface area contributed by atoms with Gasteiger partial charge in [-0.3, -0.25) is 14.6 Å². The first-order valence-electron chi connectivity index (χ1n) is 16.0. The van der Waals surface area contributed by atoms with Crippen molar-refractivity contribution in [2.24, 2.45) is 5.92 Å². The Bertz CT molecular complexity index is 1500. The molecular formula is C34H45F2N5O3. The van der Waals surface area contributed by atoms with Crippen LogP contribution in [0.3, 0.4) is 0 Å². The van der Waals surface area contributed by atoms with Crippen LogP contribution in [0.25, 0.3) is 16.6 Å². The molecule has 10 heteroatoms. The smallest absolute Gasteiger partial charge is 0.254 e. The third-order valence-electron chi connectivity index (χ3n) is 9.96. The van der Waals surface area contributed by atoms with E-state index >= 15 is 4.39 Å². The average molecular weight is 610 g/mol. The number of ether oxygens (including phenoxy) is 2. The summed E-state index contributed by atoms with van der Waals surface area (Å²) in [4.78, 5) is 24.7. The molecule has 3 saturated heterocycles. The lowest BCUT2D eigenvalue weighted by molar-refractivity contribution is -0.00623. The highest BCUT2D eigenvalue weighted by molar-refractivity contribution is 6.03. The van der Waals surface area contributed by atoms with E-state index in [9.17, 15) is 9.18 Å². The lowest BCUT2D eigenvalue weighted by Gasteiger charge is -2.47. The van der Waals surface area contributed by atoms with E-state index in [2.05, 4.69) is 35.7 Å². The first-order valence-corrected chi connectivity index (χ1v) is 16.0. The number of hydrogen-bond donors (Lipinski definition) is 0. The van der Waals surface area contributed by atoms with Crippen molar-refractivity contribution >= 4 is 11.4 Å². The summed E-state index contributed by atoms with van der Waals surface area (Å²) < 4.78 is 43.1.